The molecule has 0 aromatic carbocycles. The number of hydrogen-bond donors (Lipinski definition) is 1. The maximum atomic E-state index is 11.1. The van der Waals surface area contributed by atoms with Crippen molar-refractivity contribution in [1.29, 1.82) is 0 Å². The Bertz CT molecular complexity index is 411. The van der Waals surface area contributed by atoms with E-state index in [-0.39, 0.29) is 0 Å². The number of rotatable bonds is 2. The molecule has 0 aliphatic carbocycles. The van der Waals surface area contributed by atoms with Crippen LogP contribution in [0.5, 0.6) is 0 Å². The van der Waals surface area contributed by atoms with Gasteiger partial charge in [-0.1, -0.05) is 0 Å². The van der Waals surface area contributed by atoms with E-state index >= 15 is 0 Å². The highest BCUT2D eigenvalue weighted by Gasteiger charge is 2.02. The Morgan fingerprint density at radius 3 is 2.93 bits per heavy atom. The number of hydrogen-bond acceptors (Lipinski definition) is 4. The fourth-order valence-electron chi connectivity index (χ4n) is 0.697. The molecule has 0 spiro atoms. The summed E-state index contributed by atoms with van der Waals surface area (Å²) in [5, 5.41) is 0. The van der Waals surface area contributed by atoms with E-state index in [9.17, 15) is 4.79 Å². The molecular formula is C7H10IN5O. The van der Waals surface area contributed by atoms with Crippen molar-refractivity contribution in [2.75, 3.05) is 19.9 Å². The van der Waals surface area contributed by atoms with Gasteiger partial charge in [-0.3, -0.25) is 0 Å². The van der Waals surface area contributed by atoms with Crippen LogP contribution in [-0.4, -0.2) is 35.0 Å². The van der Waals surface area contributed by atoms with E-state index in [1.165, 1.54) is 6.20 Å². The monoisotopic (exact) mass is 307 g/mol. The summed E-state index contributed by atoms with van der Waals surface area (Å²) in [5.74, 6) is 5.70. The molecule has 7 heteroatoms. The van der Waals surface area contributed by atoms with E-state index in [1.807, 2.05) is 36.7 Å². The molecule has 14 heavy (non-hydrogen) atoms. The molecule has 0 atom stereocenters. The Labute approximate surface area is 94.6 Å². The van der Waals surface area contributed by atoms with Gasteiger partial charge in [0.05, 0.1) is 9.91 Å². The third-order valence-corrected chi connectivity index (χ3v) is 2.06. The minimum atomic E-state index is -0.517. The highest BCUT2D eigenvalue weighted by Crippen LogP contribution is 2.14. The molecule has 1 rings (SSSR count). The zero-order valence-electron chi connectivity index (χ0n) is 7.81. The van der Waals surface area contributed by atoms with Gasteiger partial charge in [0.1, 0.15) is 0 Å². The Hall–Kier alpha value is -1.12. The maximum absolute atomic E-state index is 11.1. The second-order valence-corrected chi connectivity index (χ2v) is 3.97. The van der Waals surface area contributed by atoms with Gasteiger partial charge in [-0.25, -0.2) is 14.5 Å². The predicted molar refractivity (Wildman–Crippen MR) is 63.2 cm³/mol. The van der Waals surface area contributed by atoms with Crippen LogP contribution in [0.4, 0.5) is 5.82 Å². The third kappa shape index (κ3) is 2.69. The van der Waals surface area contributed by atoms with Crippen molar-refractivity contribution in [1.82, 2.24) is 14.6 Å². The van der Waals surface area contributed by atoms with Gasteiger partial charge in [0.25, 0.3) is 0 Å². The van der Waals surface area contributed by atoms with Crippen LogP contribution in [0.25, 0.3) is 0 Å². The number of aliphatic imine (C=N–C) groups is 1. The summed E-state index contributed by atoms with van der Waals surface area (Å²) in [6, 6.07) is 0. The molecule has 0 aliphatic rings. The second-order valence-electron chi connectivity index (χ2n) is 2.81. The lowest BCUT2D eigenvalue weighted by atomic mass is 10.6. The minimum absolute atomic E-state index is 0.381. The van der Waals surface area contributed by atoms with Crippen LogP contribution in [0.3, 0.4) is 0 Å². The minimum Gasteiger partial charge on any atom is -0.369 e. The van der Waals surface area contributed by atoms with Gasteiger partial charge in [-0.2, -0.15) is 4.98 Å². The average Bonchev–Trinajstić information content (AvgIpc) is 2.09. The molecular weight excluding hydrogens is 297 g/mol. The fraction of sp³-hybridized carbons (Fsp3) is 0.286. The molecule has 0 radical (unpaired) electrons. The number of nitrogens with zero attached hydrogens (tertiary/aromatic N) is 4. The zero-order valence-corrected chi connectivity index (χ0v) is 9.96. The van der Waals surface area contributed by atoms with Gasteiger partial charge in [-0.05, 0) is 22.6 Å². The first-order valence-electron chi connectivity index (χ1n) is 3.75. The summed E-state index contributed by atoms with van der Waals surface area (Å²) in [6.07, 6.45) is 3.06. The molecule has 0 amide bonds. The van der Waals surface area contributed by atoms with Gasteiger partial charge < -0.3 is 10.7 Å². The van der Waals surface area contributed by atoms with Crippen LogP contribution >= 0.6 is 22.6 Å². The molecule has 0 bridgehead atoms. The van der Waals surface area contributed by atoms with Gasteiger partial charge in [0.15, 0.2) is 5.82 Å². The molecule has 1 heterocycles. The Morgan fingerprint density at radius 2 is 2.36 bits per heavy atom. The summed E-state index contributed by atoms with van der Waals surface area (Å²) in [6.45, 7) is 0. The molecule has 0 aliphatic heterocycles. The quantitative estimate of drug-likeness (QED) is 0.355. The summed E-state index contributed by atoms with van der Waals surface area (Å²) < 4.78 is 1.65. The van der Waals surface area contributed by atoms with Gasteiger partial charge in [0.2, 0.25) is 0 Å². The first kappa shape index (κ1) is 11.0. The van der Waals surface area contributed by atoms with Crippen molar-refractivity contribution in [3.05, 3.63) is 20.3 Å². The molecule has 1 aromatic heterocycles. The lowest BCUT2D eigenvalue weighted by Gasteiger charge is -2.03. The largest absolute Gasteiger partial charge is 0.369 e. The van der Waals surface area contributed by atoms with Crippen molar-refractivity contribution in [2.24, 2.45) is 4.99 Å². The molecule has 2 N–H and O–H groups in total. The van der Waals surface area contributed by atoms with Crippen LogP contribution < -0.4 is 11.5 Å². The summed E-state index contributed by atoms with van der Waals surface area (Å²) in [5.41, 5.74) is -0.517. The lowest BCUT2D eigenvalue weighted by molar-refractivity contribution is 0.642. The lowest BCUT2D eigenvalue weighted by Crippen LogP contribution is -2.29. The van der Waals surface area contributed by atoms with E-state index in [2.05, 4.69) is 9.98 Å². The van der Waals surface area contributed by atoms with Crippen LogP contribution in [0.1, 0.15) is 0 Å². The number of aromatic nitrogens is 2. The highest BCUT2D eigenvalue weighted by atomic mass is 127. The Balaban J connectivity index is 3.10. The second kappa shape index (κ2) is 4.40. The van der Waals surface area contributed by atoms with E-state index in [0.717, 1.165) is 8.25 Å². The van der Waals surface area contributed by atoms with Crippen LogP contribution in [0, 0.1) is 3.57 Å². The normalized spacial score (nSPS) is 10.8. The standard InChI is InChI=1S/C7H10IN5O/c1-12(2)4-10-6-5(8)3-13(9)7(14)11-6/h3-4H,9H2,1-2H3. The van der Waals surface area contributed by atoms with E-state index in [4.69, 9.17) is 5.84 Å². The zero-order chi connectivity index (χ0) is 10.7. The molecule has 0 fully saturated rings. The topological polar surface area (TPSA) is 76.5 Å². The maximum Gasteiger partial charge on any atom is 0.367 e. The Morgan fingerprint density at radius 1 is 1.71 bits per heavy atom. The average molecular weight is 307 g/mol. The first-order valence-corrected chi connectivity index (χ1v) is 4.83. The molecule has 76 valence electrons. The first-order chi connectivity index (χ1) is 6.50. The van der Waals surface area contributed by atoms with Crippen molar-refractivity contribution >= 4 is 34.7 Å². The third-order valence-electron chi connectivity index (χ3n) is 1.30. The van der Waals surface area contributed by atoms with Crippen molar-refractivity contribution < 1.29 is 0 Å². The highest BCUT2D eigenvalue weighted by molar-refractivity contribution is 14.1. The smallest absolute Gasteiger partial charge is 0.367 e. The SMILES string of the molecule is CN(C)C=Nc1nc(=O)n(N)cc1I. The summed E-state index contributed by atoms with van der Waals surface area (Å²) >= 11 is 2.01. The van der Waals surface area contributed by atoms with Gasteiger partial charge in [0, 0.05) is 20.3 Å². The summed E-state index contributed by atoms with van der Waals surface area (Å²) in [4.78, 5) is 20.5. The predicted octanol–water partition coefficient (Wildman–Crippen LogP) is -0.217. The fourth-order valence-corrected chi connectivity index (χ4v) is 1.26. The van der Waals surface area contributed by atoms with E-state index in [0.29, 0.717) is 5.82 Å². The van der Waals surface area contributed by atoms with Crippen molar-refractivity contribution in [3.63, 3.8) is 0 Å². The summed E-state index contributed by atoms with van der Waals surface area (Å²) in [7, 11) is 3.67. The van der Waals surface area contributed by atoms with Gasteiger partial charge in [-0.15, -0.1) is 0 Å². The number of nitrogen functional groups attached to an aromatic ring is 1. The number of nitrogens with two attached hydrogens (primary N) is 1. The van der Waals surface area contributed by atoms with Crippen molar-refractivity contribution in [3.8, 4) is 0 Å². The van der Waals surface area contributed by atoms with E-state index in [1.54, 1.807) is 11.2 Å². The molecule has 0 saturated carbocycles. The Kier molecular flexibility index (Phi) is 3.44. The van der Waals surface area contributed by atoms with Crippen molar-refractivity contribution in [2.45, 2.75) is 0 Å². The van der Waals surface area contributed by atoms with Gasteiger partial charge >= 0.3 is 5.69 Å². The molecule has 1 aromatic rings. The molecule has 0 unspecified atom stereocenters. The molecule has 0 saturated heterocycles. The molecule has 6 nitrogen and oxygen atoms in total. The van der Waals surface area contributed by atoms with E-state index < -0.39 is 5.69 Å². The van der Waals surface area contributed by atoms with Crippen LogP contribution in [0.2, 0.25) is 0 Å². The van der Waals surface area contributed by atoms with Crippen LogP contribution in [-0.2, 0) is 0 Å². The van der Waals surface area contributed by atoms with Crippen LogP contribution in [0.15, 0.2) is 16.0 Å². The number of halogens is 1.